The molecular formula is C16H18N4O2S. The summed E-state index contributed by atoms with van der Waals surface area (Å²) in [6.07, 6.45) is 2.49. The molecule has 0 spiro atoms. The van der Waals surface area contributed by atoms with Gasteiger partial charge in [0, 0.05) is 7.05 Å². The second-order valence-electron chi connectivity index (χ2n) is 5.05. The molecular weight excluding hydrogens is 312 g/mol. The smallest absolute Gasteiger partial charge is 0.343 e. The zero-order valence-corrected chi connectivity index (χ0v) is 14.1. The molecule has 0 amide bonds. The van der Waals surface area contributed by atoms with Gasteiger partial charge < -0.3 is 10.1 Å². The minimum absolute atomic E-state index is 0.327. The fourth-order valence-corrected chi connectivity index (χ4v) is 3.22. The number of anilines is 2. The van der Waals surface area contributed by atoms with Gasteiger partial charge in [-0.15, -0.1) is 0 Å². The van der Waals surface area contributed by atoms with Gasteiger partial charge in [0.1, 0.15) is 11.4 Å². The van der Waals surface area contributed by atoms with Gasteiger partial charge in [0.2, 0.25) is 0 Å². The number of aromatic nitrogens is 3. The molecule has 0 bridgehead atoms. The van der Waals surface area contributed by atoms with Crippen molar-refractivity contribution in [3.8, 4) is 0 Å². The Hall–Kier alpha value is -2.41. The van der Waals surface area contributed by atoms with Gasteiger partial charge in [0.05, 0.1) is 23.0 Å². The van der Waals surface area contributed by atoms with E-state index < -0.39 is 5.97 Å². The van der Waals surface area contributed by atoms with E-state index >= 15 is 0 Å². The monoisotopic (exact) mass is 330 g/mol. The Morgan fingerprint density at radius 3 is 2.96 bits per heavy atom. The van der Waals surface area contributed by atoms with E-state index in [2.05, 4.69) is 34.5 Å². The van der Waals surface area contributed by atoms with Crippen LogP contribution >= 0.6 is 11.3 Å². The van der Waals surface area contributed by atoms with Crippen molar-refractivity contribution >= 4 is 38.5 Å². The van der Waals surface area contributed by atoms with E-state index in [0.29, 0.717) is 18.0 Å². The summed E-state index contributed by atoms with van der Waals surface area (Å²) in [5, 5.41) is 8.05. The molecule has 3 aromatic rings. The first-order chi connectivity index (χ1) is 11.1. The molecule has 6 nitrogen and oxygen atoms in total. The number of aryl methyl sites for hydroxylation is 2. The number of carbonyl (C=O) groups excluding carboxylic acids is 1. The van der Waals surface area contributed by atoms with E-state index in [0.717, 1.165) is 21.8 Å². The van der Waals surface area contributed by atoms with Gasteiger partial charge in [0.25, 0.3) is 0 Å². The molecule has 1 N–H and O–H groups in total. The van der Waals surface area contributed by atoms with Gasteiger partial charge in [-0.25, -0.2) is 9.78 Å². The number of benzene rings is 1. The molecule has 0 fully saturated rings. The molecule has 1 aromatic carbocycles. The topological polar surface area (TPSA) is 69.0 Å². The molecule has 0 saturated carbocycles. The third-order valence-electron chi connectivity index (χ3n) is 3.52. The van der Waals surface area contributed by atoms with Crippen LogP contribution in [0.3, 0.4) is 0 Å². The zero-order valence-electron chi connectivity index (χ0n) is 13.3. The van der Waals surface area contributed by atoms with E-state index in [1.165, 1.54) is 11.8 Å². The summed E-state index contributed by atoms with van der Waals surface area (Å²) < 4.78 is 7.78. The highest BCUT2D eigenvalue weighted by molar-refractivity contribution is 7.22. The van der Waals surface area contributed by atoms with E-state index in [9.17, 15) is 4.79 Å². The van der Waals surface area contributed by atoms with Crippen molar-refractivity contribution in [2.75, 3.05) is 11.9 Å². The van der Waals surface area contributed by atoms with Gasteiger partial charge in [-0.05, 0) is 31.0 Å². The van der Waals surface area contributed by atoms with Crippen molar-refractivity contribution in [3.63, 3.8) is 0 Å². The lowest BCUT2D eigenvalue weighted by Crippen LogP contribution is -2.08. The first kappa shape index (κ1) is 15.5. The number of rotatable bonds is 5. The number of ether oxygens (including phenoxy) is 1. The summed E-state index contributed by atoms with van der Waals surface area (Å²) in [6.45, 7) is 4.23. The number of fused-ring (bicyclic) bond motifs is 1. The van der Waals surface area contributed by atoms with Crippen molar-refractivity contribution in [3.05, 3.63) is 35.5 Å². The van der Waals surface area contributed by atoms with Crippen LogP contribution in [0.15, 0.2) is 24.4 Å². The van der Waals surface area contributed by atoms with E-state index in [4.69, 9.17) is 4.74 Å². The number of nitrogens with one attached hydrogen (secondary N) is 1. The van der Waals surface area contributed by atoms with Crippen molar-refractivity contribution in [2.45, 2.75) is 20.3 Å². The second kappa shape index (κ2) is 6.37. The van der Waals surface area contributed by atoms with Crippen molar-refractivity contribution < 1.29 is 9.53 Å². The lowest BCUT2D eigenvalue weighted by Gasteiger charge is -2.06. The van der Waals surface area contributed by atoms with E-state index in [-0.39, 0.29) is 0 Å². The van der Waals surface area contributed by atoms with Crippen LogP contribution in [0.2, 0.25) is 0 Å². The van der Waals surface area contributed by atoms with Crippen LogP contribution in [0.5, 0.6) is 0 Å². The highest BCUT2D eigenvalue weighted by atomic mass is 32.1. The molecule has 7 heteroatoms. The summed E-state index contributed by atoms with van der Waals surface area (Å²) in [5.74, 6) is 0.190. The quantitative estimate of drug-likeness (QED) is 0.725. The van der Waals surface area contributed by atoms with Gasteiger partial charge >= 0.3 is 5.97 Å². The lowest BCUT2D eigenvalue weighted by molar-refractivity contribution is 0.0527. The molecule has 0 aliphatic carbocycles. The molecule has 2 aromatic heterocycles. The van der Waals surface area contributed by atoms with Crippen LogP contribution in [0.4, 0.5) is 10.9 Å². The fraction of sp³-hybridized carbons (Fsp3) is 0.312. The second-order valence-corrected chi connectivity index (χ2v) is 6.08. The van der Waals surface area contributed by atoms with E-state index in [1.807, 2.05) is 6.07 Å². The van der Waals surface area contributed by atoms with Crippen LogP contribution in [0.1, 0.15) is 29.8 Å². The minimum Gasteiger partial charge on any atom is -0.462 e. The average Bonchev–Trinajstić information content (AvgIpc) is 3.11. The van der Waals surface area contributed by atoms with E-state index in [1.54, 1.807) is 30.0 Å². The molecule has 0 saturated heterocycles. The van der Waals surface area contributed by atoms with Gasteiger partial charge in [-0.1, -0.05) is 24.3 Å². The maximum absolute atomic E-state index is 12.0. The van der Waals surface area contributed by atoms with Crippen molar-refractivity contribution in [1.82, 2.24) is 14.8 Å². The number of nitrogens with zero attached hydrogens (tertiary/aromatic N) is 3. The molecule has 0 unspecified atom stereocenters. The molecule has 0 aliphatic rings. The van der Waals surface area contributed by atoms with Gasteiger partial charge in [-0.3, -0.25) is 4.68 Å². The highest BCUT2D eigenvalue weighted by Gasteiger charge is 2.18. The normalized spacial score (nSPS) is 10.9. The summed E-state index contributed by atoms with van der Waals surface area (Å²) in [5.41, 5.74) is 2.62. The van der Waals surface area contributed by atoms with Crippen LogP contribution in [0, 0.1) is 0 Å². The first-order valence-electron chi connectivity index (χ1n) is 7.48. The minimum atomic E-state index is -0.391. The van der Waals surface area contributed by atoms with Crippen molar-refractivity contribution in [1.29, 1.82) is 0 Å². The number of carbonyl (C=O) groups is 1. The molecule has 0 aliphatic heterocycles. The predicted octanol–water partition coefficient (Wildman–Crippen LogP) is 3.51. The Bertz CT molecular complexity index is 853. The van der Waals surface area contributed by atoms with Crippen LogP contribution in [-0.2, 0) is 18.2 Å². The summed E-state index contributed by atoms with van der Waals surface area (Å²) in [7, 11) is 1.77. The van der Waals surface area contributed by atoms with Gasteiger partial charge in [-0.2, -0.15) is 5.10 Å². The maximum Gasteiger partial charge on any atom is 0.343 e. The third kappa shape index (κ3) is 3.05. The van der Waals surface area contributed by atoms with Crippen LogP contribution in [0.25, 0.3) is 10.2 Å². The number of thiazole rings is 1. The van der Waals surface area contributed by atoms with Crippen molar-refractivity contribution in [2.24, 2.45) is 7.05 Å². The SMILES string of the molecule is CCOC(=O)c1cnn(C)c1Nc1nc2ccc(CC)cc2s1. The largest absolute Gasteiger partial charge is 0.462 e. The summed E-state index contributed by atoms with van der Waals surface area (Å²) in [4.78, 5) is 16.6. The van der Waals surface area contributed by atoms with Crippen LogP contribution < -0.4 is 5.32 Å². The molecule has 23 heavy (non-hydrogen) atoms. The molecule has 0 radical (unpaired) electrons. The Balaban J connectivity index is 1.93. The molecule has 3 rings (SSSR count). The first-order valence-corrected chi connectivity index (χ1v) is 8.29. The van der Waals surface area contributed by atoms with Gasteiger partial charge in [0.15, 0.2) is 5.13 Å². The predicted molar refractivity (Wildman–Crippen MR) is 91.4 cm³/mol. The lowest BCUT2D eigenvalue weighted by atomic mass is 10.2. The number of hydrogen-bond donors (Lipinski definition) is 1. The highest BCUT2D eigenvalue weighted by Crippen LogP contribution is 2.30. The maximum atomic E-state index is 12.0. The summed E-state index contributed by atoms with van der Waals surface area (Å²) in [6, 6.07) is 6.25. The fourth-order valence-electron chi connectivity index (χ4n) is 2.29. The summed E-state index contributed by atoms with van der Waals surface area (Å²) >= 11 is 1.55. The third-order valence-corrected chi connectivity index (χ3v) is 4.45. The Morgan fingerprint density at radius 2 is 2.22 bits per heavy atom. The zero-order chi connectivity index (χ0) is 16.4. The average molecular weight is 330 g/mol. The Morgan fingerprint density at radius 1 is 1.39 bits per heavy atom. The molecule has 2 heterocycles. The number of esters is 1. The molecule has 0 atom stereocenters. The number of hydrogen-bond acceptors (Lipinski definition) is 6. The standard InChI is InChI=1S/C16H18N4O2S/c1-4-10-6-7-12-13(8-10)23-16(18-12)19-14-11(9-17-20(14)3)15(21)22-5-2/h6-9H,4-5H2,1-3H3,(H,18,19). The Kier molecular flexibility index (Phi) is 4.29. The molecule has 120 valence electrons. The van der Waals surface area contributed by atoms with Crippen LogP contribution in [-0.4, -0.2) is 27.3 Å². The Labute approximate surface area is 138 Å².